The second-order valence-electron chi connectivity index (χ2n) is 11.9. The Kier molecular flexibility index (Phi) is 8.92. The van der Waals surface area contributed by atoms with E-state index in [0.717, 1.165) is 12.8 Å². The van der Waals surface area contributed by atoms with E-state index in [1.54, 1.807) is 41.8 Å². The highest BCUT2D eigenvalue weighted by Crippen LogP contribution is 2.42. The summed E-state index contributed by atoms with van der Waals surface area (Å²) in [5.74, 6) is -1.87. The van der Waals surface area contributed by atoms with E-state index in [1.165, 1.54) is 4.90 Å². The first-order valence-electron chi connectivity index (χ1n) is 13.4. The Morgan fingerprint density at radius 3 is 2.46 bits per heavy atom. The van der Waals surface area contributed by atoms with Crippen LogP contribution in [-0.2, 0) is 19.7 Å². The molecule has 39 heavy (non-hydrogen) atoms. The fraction of sp³-hybridized carbons (Fsp3) is 0.643. The summed E-state index contributed by atoms with van der Waals surface area (Å²) >= 11 is 0. The van der Waals surface area contributed by atoms with Gasteiger partial charge in [-0.2, -0.15) is 8.78 Å². The lowest BCUT2D eigenvalue weighted by Gasteiger charge is -2.41. The molecule has 1 aromatic carbocycles. The van der Waals surface area contributed by atoms with Crippen LogP contribution in [0.3, 0.4) is 0 Å². The van der Waals surface area contributed by atoms with Crippen molar-refractivity contribution in [2.45, 2.75) is 90.8 Å². The number of alkyl halides is 2. The number of likely N-dealkylation sites (tertiary alicyclic amines) is 1. The number of benzene rings is 1. The van der Waals surface area contributed by atoms with Gasteiger partial charge in [0.1, 0.15) is 5.60 Å². The summed E-state index contributed by atoms with van der Waals surface area (Å²) in [7, 11) is 0. The molecule has 0 saturated carbocycles. The van der Waals surface area contributed by atoms with Crippen molar-refractivity contribution in [3.8, 4) is 0 Å². The SMILES string of the molecule is CC(C)N(C(=O)c1ccc2c(c1)N(CCNC(=O)C(F)F)C(=O)C2(C)C)[C@@H]1CCCN(C(=O)OC(C)(C)C)C1. The van der Waals surface area contributed by atoms with Crippen LogP contribution in [0, 0.1) is 0 Å². The van der Waals surface area contributed by atoms with Crippen molar-refractivity contribution in [1.82, 2.24) is 15.1 Å². The number of amides is 4. The van der Waals surface area contributed by atoms with Crippen molar-refractivity contribution in [1.29, 1.82) is 0 Å². The molecule has 0 spiro atoms. The molecule has 11 heteroatoms. The molecule has 0 aromatic heterocycles. The lowest BCUT2D eigenvalue weighted by atomic mass is 9.85. The summed E-state index contributed by atoms with van der Waals surface area (Å²) < 4.78 is 30.7. The molecular formula is C28H40F2N4O5. The summed E-state index contributed by atoms with van der Waals surface area (Å²) in [4.78, 5) is 55.9. The third-order valence-corrected chi connectivity index (χ3v) is 7.05. The van der Waals surface area contributed by atoms with Crippen molar-refractivity contribution in [3.05, 3.63) is 29.3 Å². The van der Waals surface area contributed by atoms with Crippen LogP contribution in [0.15, 0.2) is 18.2 Å². The number of hydrogen-bond donors (Lipinski definition) is 1. The highest BCUT2D eigenvalue weighted by Gasteiger charge is 2.44. The normalized spacial score (nSPS) is 18.8. The monoisotopic (exact) mass is 550 g/mol. The minimum Gasteiger partial charge on any atom is -0.444 e. The molecule has 1 N–H and O–H groups in total. The smallest absolute Gasteiger partial charge is 0.410 e. The average Bonchev–Trinajstić information content (AvgIpc) is 3.02. The first kappa shape index (κ1) is 30.3. The summed E-state index contributed by atoms with van der Waals surface area (Å²) in [5, 5.41) is 2.13. The Morgan fingerprint density at radius 1 is 1.21 bits per heavy atom. The molecule has 2 aliphatic heterocycles. The van der Waals surface area contributed by atoms with E-state index in [-0.39, 0.29) is 37.0 Å². The van der Waals surface area contributed by atoms with Gasteiger partial charge in [-0.15, -0.1) is 0 Å². The van der Waals surface area contributed by atoms with E-state index < -0.39 is 29.4 Å². The molecule has 0 bridgehead atoms. The number of fused-ring (bicyclic) bond motifs is 1. The highest BCUT2D eigenvalue weighted by atomic mass is 19.3. The van der Waals surface area contributed by atoms with Gasteiger partial charge >= 0.3 is 12.5 Å². The lowest BCUT2D eigenvalue weighted by Crippen LogP contribution is -2.54. The van der Waals surface area contributed by atoms with Crippen molar-refractivity contribution in [2.75, 3.05) is 31.1 Å². The van der Waals surface area contributed by atoms with Crippen molar-refractivity contribution >= 4 is 29.5 Å². The van der Waals surface area contributed by atoms with E-state index >= 15 is 0 Å². The van der Waals surface area contributed by atoms with E-state index in [4.69, 9.17) is 4.74 Å². The number of carbonyl (C=O) groups is 4. The number of ether oxygens (including phenoxy) is 1. The third kappa shape index (κ3) is 6.67. The number of carbonyl (C=O) groups excluding carboxylic acids is 4. The van der Waals surface area contributed by atoms with Gasteiger partial charge in [0.05, 0.1) is 11.5 Å². The van der Waals surface area contributed by atoms with E-state index in [1.807, 2.05) is 34.6 Å². The van der Waals surface area contributed by atoms with Gasteiger partial charge in [0, 0.05) is 43.5 Å². The predicted molar refractivity (Wildman–Crippen MR) is 143 cm³/mol. The minimum atomic E-state index is -3.14. The van der Waals surface area contributed by atoms with Crippen LogP contribution in [0.25, 0.3) is 0 Å². The van der Waals surface area contributed by atoms with Gasteiger partial charge in [-0.1, -0.05) is 6.07 Å². The van der Waals surface area contributed by atoms with Crippen LogP contribution >= 0.6 is 0 Å². The quantitative estimate of drug-likeness (QED) is 0.555. The minimum absolute atomic E-state index is 0.00721. The molecule has 4 amide bonds. The molecule has 1 atom stereocenters. The highest BCUT2D eigenvalue weighted by molar-refractivity contribution is 6.09. The number of anilines is 1. The van der Waals surface area contributed by atoms with Gasteiger partial charge in [0.25, 0.3) is 11.8 Å². The standard InChI is InChI=1S/C28H40F2N4O5/c1-17(2)34(19-9-8-13-32(16-19)26(38)39-27(3,4)5)24(36)18-10-11-20-21(15-18)33(25(37)28(20,6)7)14-12-31-23(35)22(29)30/h10-11,15,17,19,22H,8-9,12-14,16H2,1-7H3,(H,31,35)/t19-/m1/s1. The van der Waals surface area contributed by atoms with E-state index in [0.29, 0.717) is 29.9 Å². The van der Waals surface area contributed by atoms with Gasteiger partial charge in [-0.3, -0.25) is 14.4 Å². The molecule has 0 radical (unpaired) electrons. The number of hydrogen-bond acceptors (Lipinski definition) is 5. The Bertz CT molecular complexity index is 1120. The van der Waals surface area contributed by atoms with E-state index in [2.05, 4.69) is 5.32 Å². The molecule has 1 aromatic rings. The molecule has 2 heterocycles. The second-order valence-corrected chi connectivity index (χ2v) is 11.9. The van der Waals surface area contributed by atoms with Crippen molar-refractivity contribution in [2.24, 2.45) is 0 Å². The lowest BCUT2D eigenvalue weighted by molar-refractivity contribution is -0.131. The van der Waals surface area contributed by atoms with E-state index in [9.17, 15) is 28.0 Å². The van der Waals surface area contributed by atoms with Crippen LogP contribution in [0.1, 0.15) is 77.2 Å². The summed E-state index contributed by atoms with van der Waals surface area (Å²) in [6.07, 6.45) is -2.09. The molecule has 2 aliphatic rings. The number of halogens is 2. The molecule has 1 fully saturated rings. The summed E-state index contributed by atoms with van der Waals surface area (Å²) in [6, 6.07) is 4.73. The zero-order chi connectivity index (χ0) is 29.3. The average molecular weight is 551 g/mol. The Labute approximate surface area is 228 Å². The fourth-order valence-corrected chi connectivity index (χ4v) is 5.21. The molecule has 9 nitrogen and oxygen atoms in total. The van der Waals surface area contributed by atoms with Gasteiger partial charge < -0.3 is 24.8 Å². The molecule has 0 unspecified atom stereocenters. The fourth-order valence-electron chi connectivity index (χ4n) is 5.21. The number of rotatable bonds is 7. The maximum atomic E-state index is 13.9. The summed E-state index contributed by atoms with van der Waals surface area (Å²) in [5.41, 5.74) is 0.114. The summed E-state index contributed by atoms with van der Waals surface area (Å²) in [6.45, 7) is 13.6. The Hall–Kier alpha value is -3.24. The van der Waals surface area contributed by atoms with Crippen LogP contribution in [-0.4, -0.2) is 83.9 Å². The van der Waals surface area contributed by atoms with Crippen LogP contribution in [0.4, 0.5) is 19.3 Å². The van der Waals surface area contributed by atoms with Crippen molar-refractivity contribution in [3.63, 3.8) is 0 Å². The molecule has 216 valence electrons. The molecule has 3 rings (SSSR count). The predicted octanol–water partition coefficient (Wildman–Crippen LogP) is 3.94. The Morgan fingerprint density at radius 2 is 1.87 bits per heavy atom. The van der Waals surface area contributed by atoms with Crippen molar-refractivity contribution < 1.29 is 32.7 Å². The third-order valence-electron chi connectivity index (χ3n) is 7.05. The second kappa shape index (κ2) is 11.5. The van der Waals surface area contributed by atoms with Gasteiger partial charge in [0.2, 0.25) is 5.91 Å². The van der Waals surface area contributed by atoms with Crippen LogP contribution in [0.2, 0.25) is 0 Å². The van der Waals surface area contributed by atoms with Crippen LogP contribution in [0.5, 0.6) is 0 Å². The maximum absolute atomic E-state index is 13.9. The first-order valence-corrected chi connectivity index (χ1v) is 13.4. The van der Waals surface area contributed by atoms with Gasteiger partial charge in [-0.25, -0.2) is 4.79 Å². The molecule has 1 saturated heterocycles. The molecule has 0 aliphatic carbocycles. The maximum Gasteiger partial charge on any atom is 0.410 e. The largest absolute Gasteiger partial charge is 0.444 e. The van der Waals surface area contributed by atoms with Gasteiger partial charge in [0.15, 0.2) is 0 Å². The topological polar surface area (TPSA) is 99.3 Å². The molecular weight excluding hydrogens is 510 g/mol. The number of piperidine rings is 1. The number of nitrogens with one attached hydrogen (secondary N) is 1. The number of nitrogens with zero attached hydrogens (tertiary/aromatic N) is 3. The zero-order valence-corrected chi connectivity index (χ0v) is 23.8. The zero-order valence-electron chi connectivity index (χ0n) is 23.8. The first-order chi connectivity index (χ1) is 18.0. The Balaban J connectivity index is 1.84. The van der Waals surface area contributed by atoms with Crippen LogP contribution < -0.4 is 10.2 Å². The van der Waals surface area contributed by atoms with Gasteiger partial charge in [-0.05, 0) is 79.0 Å².